The van der Waals surface area contributed by atoms with E-state index in [1.807, 2.05) is 0 Å². The fraction of sp³-hybridized carbons (Fsp3) is 0.150. The number of carbonyl (C=O) groups is 1. The van der Waals surface area contributed by atoms with Crippen LogP contribution in [0.2, 0.25) is 0 Å². The van der Waals surface area contributed by atoms with Gasteiger partial charge in [0.2, 0.25) is 5.95 Å². The summed E-state index contributed by atoms with van der Waals surface area (Å²) < 4.78 is 33.6. The second kappa shape index (κ2) is 9.39. The Labute approximate surface area is 179 Å². The number of methoxy groups -OCH3 is 1. The van der Waals surface area contributed by atoms with Gasteiger partial charge in [-0.2, -0.15) is 4.98 Å². The minimum Gasteiger partial charge on any atom is -0.496 e. The van der Waals surface area contributed by atoms with Gasteiger partial charge in [-0.1, -0.05) is 12.1 Å². The normalized spacial score (nSPS) is 12.4. The fourth-order valence-electron chi connectivity index (χ4n) is 2.68. The van der Waals surface area contributed by atoms with Crippen LogP contribution in [-0.4, -0.2) is 51.0 Å². The lowest BCUT2D eigenvalue weighted by Crippen LogP contribution is -2.37. The standard InChI is InChI=1S/C20H21FN6O3S/c1-22-20(28)27-31(3,29)11-13-5-4-6-15(9-13)25-19-24-12-23-18(26-19)16-8-7-14(21)10-17(16)30-2/h4-12H,1-3H3,(H2,22,27,28,29)(H,23,24,25,26). The van der Waals surface area contributed by atoms with Crippen LogP contribution in [0.5, 0.6) is 5.75 Å². The predicted octanol–water partition coefficient (Wildman–Crippen LogP) is 2.34. The molecular formula is C20H21FN6O3S. The van der Waals surface area contributed by atoms with E-state index < -0.39 is 21.6 Å². The van der Waals surface area contributed by atoms with E-state index in [-0.39, 0.29) is 5.95 Å². The highest BCUT2D eigenvalue weighted by Crippen LogP contribution is 2.28. The van der Waals surface area contributed by atoms with Gasteiger partial charge in [-0.25, -0.2) is 23.4 Å². The van der Waals surface area contributed by atoms with Crippen molar-refractivity contribution < 1.29 is 18.1 Å². The number of benzene rings is 2. The van der Waals surface area contributed by atoms with E-state index in [9.17, 15) is 13.4 Å². The molecule has 1 heterocycles. The molecule has 1 atom stereocenters. The highest BCUT2D eigenvalue weighted by Gasteiger charge is 2.11. The van der Waals surface area contributed by atoms with E-state index in [2.05, 4.69) is 30.3 Å². The van der Waals surface area contributed by atoms with Crippen LogP contribution < -0.4 is 20.1 Å². The second-order valence-corrected chi connectivity index (χ2v) is 8.68. The van der Waals surface area contributed by atoms with Crippen LogP contribution in [-0.2, 0) is 9.71 Å². The second-order valence-electron chi connectivity index (χ2n) is 6.43. The van der Waals surface area contributed by atoms with Gasteiger partial charge in [0.25, 0.3) is 0 Å². The first-order valence-corrected chi connectivity index (χ1v) is 11.1. The number of rotatable bonds is 6. The van der Waals surface area contributed by atoms with Crippen LogP contribution in [0.1, 0.15) is 5.56 Å². The number of aromatic nitrogens is 3. The summed E-state index contributed by atoms with van der Waals surface area (Å²) in [6, 6.07) is 10.6. The molecule has 162 valence electrons. The number of nitrogens with one attached hydrogen (secondary N) is 3. The summed E-state index contributed by atoms with van der Waals surface area (Å²) in [4.78, 5) is 24.1. The number of ether oxygens (including phenoxy) is 1. The Morgan fingerprint density at radius 3 is 2.74 bits per heavy atom. The number of halogens is 1. The average Bonchev–Trinajstić information content (AvgIpc) is 2.73. The molecule has 1 aromatic heterocycles. The summed E-state index contributed by atoms with van der Waals surface area (Å²) in [5, 5.41) is 6.89. The summed E-state index contributed by atoms with van der Waals surface area (Å²) in [6.45, 7) is 0. The lowest BCUT2D eigenvalue weighted by molar-refractivity contribution is 0.248. The van der Waals surface area contributed by atoms with Crippen LogP contribution in [0.15, 0.2) is 48.8 Å². The van der Waals surface area contributed by atoms with E-state index in [0.717, 1.165) is 0 Å². The summed E-state index contributed by atoms with van der Waals surface area (Å²) >= 11 is 0. The molecule has 3 rings (SSSR count). The van der Waals surface area contributed by atoms with Gasteiger partial charge in [0.05, 0.1) is 22.4 Å². The van der Waals surface area contributed by atoms with Crippen molar-refractivity contribution in [2.24, 2.45) is 0 Å². The van der Waals surface area contributed by atoms with Crippen molar-refractivity contribution >= 4 is 32.7 Å². The molecule has 0 radical (unpaired) electrons. The smallest absolute Gasteiger partial charge is 0.325 e. The number of hydrogen-bond donors (Lipinski definition) is 3. The molecule has 2 aromatic carbocycles. The minimum atomic E-state index is -2.74. The van der Waals surface area contributed by atoms with Crippen LogP contribution in [0.4, 0.5) is 20.8 Å². The Kier molecular flexibility index (Phi) is 6.65. The monoisotopic (exact) mass is 444 g/mol. The lowest BCUT2D eigenvalue weighted by atomic mass is 10.2. The molecule has 0 bridgehead atoms. The first-order chi connectivity index (χ1) is 14.8. The van der Waals surface area contributed by atoms with Crippen molar-refractivity contribution in [3.63, 3.8) is 0 Å². The Morgan fingerprint density at radius 2 is 2.00 bits per heavy atom. The van der Waals surface area contributed by atoms with Crippen molar-refractivity contribution in [1.82, 2.24) is 25.0 Å². The summed E-state index contributed by atoms with van der Waals surface area (Å²) in [5.41, 5.74) is 1.78. The molecule has 0 aliphatic carbocycles. The lowest BCUT2D eigenvalue weighted by Gasteiger charge is -2.10. The van der Waals surface area contributed by atoms with Gasteiger partial charge in [-0.15, -0.1) is 0 Å². The number of anilines is 2. The van der Waals surface area contributed by atoms with Crippen molar-refractivity contribution in [2.75, 3.05) is 25.7 Å². The zero-order valence-electron chi connectivity index (χ0n) is 17.0. The van der Waals surface area contributed by atoms with Crippen molar-refractivity contribution in [2.45, 2.75) is 0 Å². The zero-order valence-corrected chi connectivity index (χ0v) is 17.9. The highest BCUT2D eigenvalue weighted by atomic mass is 32.2. The first kappa shape index (κ1) is 22.0. The number of urea groups is 1. The van der Waals surface area contributed by atoms with Gasteiger partial charge in [-0.3, -0.25) is 4.72 Å². The number of nitrogens with zero attached hydrogens (tertiary/aromatic N) is 3. The van der Waals surface area contributed by atoms with Gasteiger partial charge >= 0.3 is 6.03 Å². The van der Waals surface area contributed by atoms with E-state index in [1.165, 1.54) is 50.3 Å². The van der Waals surface area contributed by atoms with Crippen molar-refractivity contribution in [3.8, 4) is 17.1 Å². The maximum atomic E-state index is 13.5. The first-order valence-electron chi connectivity index (χ1n) is 9.03. The molecule has 9 nitrogen and oxygen atoms in total. The largest absolute Gasteiger partial charge is 0.496 e. The molecular weight excluding hydrogens is 423 g/mol. The van der Waals surface area contributed by atoms with Gasteiger partial charge in [0, 0.05) is 30.4 Å². The Bertz CT molecular complexity index is 1230. The van der Waals surface area contributed by atoms with Crippen LogP contribution in [0.25, 0.3) is 11.4 Å². The maximum Gasteiger partial charge on any atom is 0.325 e. The average molecular weight is 444 g/mol. The van der Waals surface area contributed by atoms with Gasteiger partial charge in [0.15, 0.2) is 5.82 Å². The Balaban J connectivity index is 1.86. The van der Waals surface area contributed by atoms with Gasteiger partial charge < -0.3 is 15.4 Å². The summed E-state index contributed by atoms with van der Waals surface area (Å²) in [7, 11) is 0.140. The number of carbonyl (C=O) groups excluding carboxylic acids is 1. The number of hydrogen-bond acceptors (Lipinski definition) is 7. The van der Waals surface area contributed by atoms with Gasteiger partial charge in [0.1, 0.15) is 17.9 Å². The third-order valence-electron chi connectivity index (χ3n) is 4.00. The SMILES string of the molecule is CNC(=O)NS(C)(=O)=Cc1cccc(Nc2ncnc(-c3ccc(F)cc3OC)n2)c1. The molecule has 0 saturated carbocycles. The van der Waals surface area contributed by atoms with E-state index in [4.69, 9.17) is 4.74 Å². The quantitative estimate of drug-likeness (QED) is 0.500. The molecule has 0 aliphatic rings. The summed E-state index contributed by atoms with van der Waals surface area (Å²) in [5.74, 6) is 0.437. The van der Waals surface area contributed by atoms with Gasteiger partial charge in [-0.05, 0) is 29.8 Å². The van der Waals surface area contributed by atoms with Crippen LogP contribution >= 0.6 is 0 Å². The highest BCUT2D eigenvalue weighted by molar-refractivity contribution is 7.99. The molecule has 11 heteroatoms. The van der Waals surface area contributed by atoms with Crippen LogP contribution in [0.3, 0.4) is 0 Å². The molecule has 0 aliphatic heterocycles. The topological polar surface area (TPSA) is 118 Å². The summed E-state index contributed by atoms with van der Waals surface area (Å²) in [6.07, 6.45) is 2.76. The fourth-order valence-corrected chi connectivity index (χ4v) is 3.87. The molecule has 3 N–H and O–H groups in total. The van der Waals surface area contributed by atoms with Crippen molar-refractivity contribution in [1.29, 1.82) is 0 Å². The van der Waals surface area contributed by atoms with Crippen molar-refractivity contribution in [3.05, 3.63) is 60.2 Å². The molecule has 2 amide bonds. The predicted molar refractivity (Wildman–Crippen MR) is 118 cm³/mol. The Morgan fingerprint density at radius 1 is 1.19 bits per heavy atom. The maximum absolute atomic E-state index is 13.5. The minimum absolute atomic E-state index is 0.259. The zero-order chi connectivity index (χ0) is 22.4. The molecule has 0 spiro atoms. The third-order valence-corrected chi connectivity index (χ3v) is 5.32. The molecule has 3 aromatic rings. The Hall–Kier alpha value is -3.73. The van der Waals surface area contributed by atoms with E-state index >= 15 is 0 Å². The van der Waals surface area contributed by atoms with E-state index in [1.54, 1.807) is 24.3 Å². The molecule has 31 heavy (non-hydrogen) atoms. The molecule has 1 unspecified atom stereocenters. The third kappa shape index (κ3) is 5.89. The molecule has 0 saturated heterocycles. The van der Waals surface area contributed by atoms with E-state index in [0.29, 0.717) is 28.4 Å². The number of amides is 2. The molecule has 0 fully saturated rings. The van der Waals surface area contributed by atoms with Crippen LogP contribution in [0, 0.1) is 5.82 Å².